The van der Waals surface area contributed by atoms with Crippen LogP contribution < -0.4 is 9.64 Å². The quantitative estimate of drug-likeness (QED) is 0.700. The van der Waals surface area contributed by atoms with Crippen molar-refractivity contribution in [1.29, 1.82) is 0 Å². The highest BCUT2D eigenvalue weighted by Crippen LogP contribution is 2.35. The number of amides is 1. The van der Waals surface area contributed by atoms with Crippen LogP contribution in [0.4, 0.5) is 5.69 Å². The molecule has 1 saturated heterocycles. The lowest BCUT2D eigenvalue weighted by molar-refractivity contribution is -0.117. The lowest BCUT2D eigenvalue weighted by atomic mass is 10.1. The largest absolute Gasteiger partial charge is 0.495 e. The number of ether oxygens (including phenoxy) is 1. The van der Waals surface area contributed by atoms with Gasteiger partial charge in [0.1, 0.15) is 5.75 Å². The van der Waals surface area contributed by atoms with E-state index in [0.29, 0.717) is 35.5 Å². The van der Waals surface area contributed by atoms with Gasteiger partial charge in [0.15, 0.2) is 0 Å². The van der Waals surface area contributed by atoms with Gasteiger partial charge in [-0.2, -0.15) is 4.98 Å². The van der Waals surface area contributed by atoms with Gasteiger partial charge in [-0.05, 0) is 30.3 Å². The third-order valence-electron chi connectivity index (χ3n) is 4.28. The molecule has 1 aromatic carbocycles. The van der Waals surface area contributed by atoms with Gasteiger partial charge < -0.3 is 14.2 Å². The van der Waals surface area contributed by atoms with Crippen LogP contribution in [0.2, 0.25) is 5.02 Å². The molecule has 0 radical (unpaired) electrons. The maximum absolute atomic E-state index is 12.5. The Balaban J connectivity index is 1.55. The lowest BCUT2D eigenvalue weighted by Gasteiger charge is -2.17. The monoisotopic (exact) mass is 370 g/mol. The van der Waals surface area contributed by atoms with Crippen LogP contribution in [0.15, 0.2) is 47.2 Å². The maximum Gasteiger partial charge on any atom is 0.232 e. The van der Waals surface area contributed by atoms with E-state index in [1.54, 1.807) is 48.7 Å². The third kappa shape index (κ3) is 3.01. The van der Waals surface area contributed by atoms with Gasteiger partial charge in [0.25, 0.3) is 0 Å². The molecule has 8 heteroatoms. The standard InChI is InChI=1S/C18H15ClN4O3/c1-25-15-5-4-13(8-14(15)19)23-10-12(7-16(23)24)18-21-17(22-26-18)11-3-2-6-20-9-11/h2-6,8-9,12H,7,10H2,1H3/t12-/m0/s1. The molecule has 4 rings (SSSR count). The molecule has 0 N–H and O–H groups in total. The Morgan fingerprint density at radius 3 is 2.96 bits per heavy atom. The Hall–Kier alpha value is -2.93. The van der Waals surface area contributed by atoms with E-state index in [9.17, 15) is 4.79 Å². The van der Waals surface area contributed by atoms with Crippen LogP contribution in [-0.4, -0.2) is 34.7 Å². The van der Waals surface area contributed by atoms with Gasteiger partial charge in [-0.25, -0.2) is 0 Å². The van der Waals surface area contributed by atoms with E-state index in [1.165, 1.54) is 0 Å². The molecule has 0 aliphatic carbocycles. The van der Waals surface area contributed by atoms with Crippen molar-refractivity contribution in [1.82, 2.24) is 15.1 Å². The Bertz CT molecular complexity index is 945. The van der Waals surface area contributed by atoms with E-state index in [0.717, 1.165) is 11.3 Å². The Kier molecular flexibility index (Phi) is 4.30. The summed E-state index contributed by atoms with van der Waals surface area (Å²) in [7, 11) is 1.55. The molecule has 0 saturated carbocycles. The van der Waals surface area contributed by atoms with E-state index in [4.69, 9.17) is 20.9 Å². The van der Waals surface area contributed by atoms with Crippen molar-refractivity contribution in [3.8, 4) is 17.1 Å². The van der Waals surface area contributed by atoms with E-state index < -0.39 is 0 Å². The highest BCUT2D eigenvalue weighted by atomic mass is 35.5. The highest BCUT2D eigenvalue weighted by molar-refractivity contribution is 6.32. The molecule has 3 heterocycles. The van der Waals surface area contributed by atoms with Crippen LogP contribution in [0, 0.1) is 0 Å². The molecule has 0 unspecified atom stereocenters. The first kappa shape index (κ1) is 16.5. The number of hydrogen-bond donors (Lipinski definition) is 0. The lowest BCUT2D eigenvalue weighted by Crippen LogP contribution is -2.24. The summed E-state index contributed by atoms with van der Waals surface area (Å²) in [6.45, 7) is 0.455. The highest BCUT2D eigenvalue weighted by Gasteiger charge is 2.35. The zero-order valence-electron chi connectivity index (χ0n) is 13.9. The molecule has 3 aromatic rings. The van der Waals surface area contributed by atoms with Crippen molar-refractivity contribution in [3.05, 3.63) is 53.6 Å². The van der Waals surface area contributed by atoms with Crippen LogP contribution >= 0.6 is 11.6 Å². The molecular weight excluding hydrogens is 356 g/mol. The number of pyridine rings is 1. The van der Waals surface area contributed by atoms with Gasteiger partial charge in [0.2, 0.25) is 17.6 Å². The minimum absolute atomic E-state index is 0.0163. The predicted octanol–water partition coefficient (Wildman–Crippen LogP) is 3.31. The first-order valence-electron chi connectivity index (χ1n) is 8.03. The van der Waals surface area contributed by atoms with Crippen LogP contribution in [0.3, 0.4) is 0 Å². The molecule has 1 fully saturated rings. The number of carbonyl (C=O) groups is 1. The van der Waals surface area contributed by atoms with E-state index in [2.05, 4.69) is 15.1 Å². The van der Waals surface area contributed by atoms with Crippen molar-refractivity contribution in [2.75, 3.05) is 18.6 Å². The Morgan fingerprint density at radius 2 is 2.23 bits per heavy atom. The zero-order chi connectivity index (χ0) is 18.1. The van der Waals surface area contributed by atoms with Gasteiger partial charge in [-0.1, -0.05) is 16.8 Å². The van der Waals surface area contributed by atoms with Crippen molar-refractivity contribution in [2.24, 2.45) is 0 Å². The molecule has 0 spiro atoms. The van der Waals surface area contributed by atoms with Gasteiger partial charge in [0, 0.05) is 36.6 Å². The number of hydrogen-bond acceptors (Lipinski definition) is 6. The van der Waals surface area contributed by atoms with E-state index >= 15 is 0 Å². The molecule has 1 aliphatic heterocycles. The van der Waals surface area contributed by atoms with Gasteiger partial charge in [-0.15, -0.1) is 0 Å². The number of carbonyl (C=O) groups excluding carboxylic acids is 1. The zero-order valence-corrected chi connectivity index (χ0v) is 14.7. The Morgan fingerprint density at radius 1 is 1.35 bits per heavy atom. The van der Waals surface area contributed by atoms with Crippen molar-refractivity contribution in [2.45, 2.75) is 12.3 Å². The summed E-state index contributed by atoms with van der Waals surface area (Å²) >= 11 is 6.17. The Labute approximate surface area is 154 Å². The summed E-state index contributed by atoms with van der Waals surface area (Å²) in [6.07, 6.45) is 3.65. The molecule has 1 atom stereocenters. The second-order valence-electron chi connectivity index (χ2n) is 5.92. The number of rotatable bonds is 4. The van der Waals surface area contributed by atoms with Crippen molar-refractivity contribution < 1.29 is 14.1 Å². The normalized spacial score (nSPS) is 16.9. The smallest absolute Gasteiger partial charge is 0.232 e. The molecular formula is C18H15ClN4O3. The predicted molar refractivity (Wildman–Crippen MR) is 95.2 cm³/mol. The number of benzene rings is 1. The van der Waals surface area contributed by atoms with E-state index in [-0.39, 0.29) is 11.8 Å². The number of methoxy groups -OCH3 is 1. The van der Waals surface area contributed by atoms with Crippen molar-refractivity contribution in [3.63, 3.8) is 0 Å². The van der Waals surface area contributed by atoms with E-state index in [1.807, 2.05) is 6.07 Å². The molecule has 132 valence electrons. The molecule has 1 amide bonds. The van der Waals surface area contributed by atoms with Crippen LogP contribution in [0.25, 0.3) is 11.4 Å². The maximum atomic E-state index is 12.5. The van der Waals surface area contributed by atoms with Gasteiger partial charge >= 0.3 is 0 Å². The average Bonchev–Trinajstić information content (AvgIpc) is 3.29. The van der Waals surface area contributed by atoms with Crippen LogP contribution in [0.5, 0.6) is 5.75 Å². The third-order valence-corrected chi connectivity index (χ3v) is 4.58. The average molecular weight is 371 g/mol. The van der Waals surface area contributed by atoms with Crippen molar-refractivity contribution >= 4 is 23.2 Å². The SMILES string of the molecule is COc1ccc(N2C[C@@H](c3nc(-c4cccnc4)no3)CC2=O)cc1Cl. The summed E-state index contributed by atoms with van der Waals surface area (Å²) in [4.78, 5) is 22.6. The number of nitrogens with zero attached hydrogens (tertiary/aromatic N) is 4. The summed E-state index contributed by atoms with van der Waals surface area (Å²) < 4.78 is 10.5. The summed E-state index contributed by atoms with van der Waals surface area (Å²) in [5.74, 6) is 1.29. The molecule has 1 aliphatic rings. The minimum atomic E-state index is -0.165. The minimum Gasteiger partial charge on any atom is -0.495 e. The number of aromatic nitrogens is 3. The van der Waals surface area contributed by atoms with Crippen LogP contribution in [-0.2, 0) is 4.79 Å². The van der Waals surface area contributed by atoms with Gasteiger partial charge in [-0.3, -0.25) is 9.78 Å². The summed E-state index contributed by atoms with van der Waals surface area (Å²) in [6, 6.07) is 8.92. The topological polar surface area (TPSA) is 81.3 Å². The molecule has 0 bridgehead atoms. The van der Waals surface area contributed by atoms with Gasteiger partial charge in [0.05, 0.1) is 18.1 Å². The van der Waals surface area contributed by atoms with Crippen LogP contribution in [0.1, 0.15) is 18.2 Å². The summed E-state index contributed by atoms with van der Waals surface area (Å²) in [5, 5.41) is 4.45. The first-order chi connectivity index (χ1) is 12.7. The fraction of sp³-hybridized carbons (Fsp3) is 0.222. The number of halogens is 1. The first-order valence-corrected chi connectivity index (χ1v) is 8.41. The fourth-order valence-corrected chi connectivity index (χ4v) is 3.21. The number of anilines is 1. The fourth-order valence-electron chi connectivity index (χ4n) is 2.96. The molecule has 7 nitrogen and oxygen atoms in total. The molecule has 26 heavy (non-hydrogen) atoms. The molecule has 2 aromatic heterocycles. The summed E-state index contributed by atoms with van der Waals surface area (Å²) in [5.41, 5.74) is 1.49. The second kappa shape index (κ2) is 6.76. The second-order valence-corrected chi connectivity index (χ2v) is 6.33.